The van der Waals surface area contributed by atoms with Crippen molar-refractivity contribution in [3.05, 3.63) is 18.2 Å². The molecular formula is C15H28ClN5. The second kappa shape index (κ2) is 7.58. The number of rotatable bonds is 3. The SMILES string of the molecule is CN1CCN(CC2CCCNC2)CC1c1nccn1C.Cl. The lowest BCUT2D eigenvalue weighted by Gasteiger charge is -2.40. The molecule has 2 fully saturated rings. The highest BCUT2D eigenvalue weighted by molar-refractivity contribution is 5.85. The van der Waals surface area contributed by atoms with Gasteiger partial charge < -0.3 is 9.88 Å². The van der Waals surface area contributed by atoms with Gasteiger partial charge in [0.2, 0.25) is 0 Å². The molecular weight excluding hydrogens is 286 g/mol. The molecule has 2 aliphatic heterocycles. The summed E-state index contributed by atoms with van der Waals surface area (Å²) in [5.41, 5.74) is 0. The highest BCUT2D eigenvalue weighted by atomic mass is 35.5. The summed E-state index contributed by atoms with van der Waals surface area (Å²) in [5.74, 6) is 2.02. The Morgan fingerprint density at radius 3 is 2.86 bits per heavy atom. The van der Waals surface area contributed by atoms with E-state index in [0.29, 0.717) is 6.04 Å². The van der Waals surface area contributed by atoms with Gasteiger partial charge in [0.1, 0.15) is 5.82 Å². The molecule has 0 aromatic carbocycles. The van der Waals surface area contributed by atoms with Crippen molar-refractivity contribution in [3.63, 3.8) is 0 Å². The van der Waals surface area contributed by atoms with Crippen molar-refractivity contribution in [1.82, 2.24) is 24.7 Å². The molecule has 120 valence electrons. The maximum atomic E-state index is 4.55. The zero-order valence-electron chi connectivity index (χ0n) is 13.2. The monoisotopic (exact) mass is 313 g/mol. The Morgan fingerprint density at radius 1 is 1.33 bits per heavy atom. The Hall–Kier alpha value is -0.620. The fourth-order valence-electron chi connectivity index (χ4n) is 3.52. The van der Waals surface area contributed by atoms with E-state index in [9.17, 15) is 0 Å². The minimum Gasteiger partial charge on any atom is -0.337 e. The zero-order valence-corrected chi connectivity index (χ0v) is 14.0. The largest absolute Gasteiger partial charge is 0.337 e. The highest BCUT2D eigenvalue weighted by Crippen LogP contribution is 2.23. The molecule has 0 aliphatic carbocycles. The average Bonchev–Trinajstić information content (AvgIpc) is 2.88. The first-order chi connectivity index (χ1) is 9.74. The molecule has 3 rings (SSSR count). The third-order valence-corrected chi connectivity index (χ3v) is 4.80. The third-order valence-electron chi connectivity index (χ3n) is 4.80. The van der Waals surface area contributed by atoms with Gasteiger partial charge in [-0.2, -0.15) is 0 Å². The topological polar surface area (TPSA) is 36.3 Å². The summed E-state index contributed by atoms with van der Waals surface area (Å²) >= 11 is 0. The zero-order chi connectivity index (χ0) is 13.9. The van der Waals surface area contributed by atoms with Crippen LogP contribution in [0.3, 0.4) is 0 Å². The smallest absolute Gasteiger partial charge is 0.127 e. The average molecular weight is 314 g/mol. The van der Waals surface area contributed by atoms with Crippen molar-refractivity contribution in [3.8, 4) is 0 Å². The van der Waals surface area contributed by atoms with Crippen LogP contribution >= 0.6 is 12.4 Å². The lowest BCUT2D eigenvalue weighted by Crippen LogP contribution is -2.50. The van der Waals surface area contributed by atoms with Crippen LogP contribution in [0.5, 0.6) is 0 Å². The molecule has 0 amide bonds. The molecule has 0 spiro atoms. The molecule has 2 saturated heterocycles. The Bertz CT molecular complexity index is 429. The Kier molecular flexibility index (Phi) is 6.05. The van der Waals surface area contributed by atoms with Gasteiger partial charge in [0.05, 0.1) is 6.04 Å². The molecule has 2 atom stereocenters. The summed E-state index contributed by atoms with van der Waals surface area (Å²) in [6, 6.07) is 0.431. The first-order valence-electron chi connectivity index (χ1n) is 7.84. The summed E-state index contributed by atoms with van der Waals surface area (Å²) in [6.45, 7) is 7.07. The lowest BCUT2D eigenvalue weighted by molar-refractivity contribution is 0.0743. The van der Waals surface area contributed by atoms with Gasteiger partial charge in [-0.1, -0.05) is 0 Å². The van der Waals surface area contributed by atoms with Gasteiger partial charge in [-0.25, -0.2) is 4.98 Å². The first-order valence-corrected chi connectivity index (χ1v) is 7.84. The molecule has 5 nitrogen and oxygen atoms in total. The predicted octanol–water partition coefficient (Wildman–Crippen LogP) is 1.13. The van der Waals surface area contributed by atoms with Crippen molar-refractivity contribution in [2.24, 2.45) is 13.0 Å². The summed E-state index contributed by atoms with van der Waals surface area (Å²) in [4.78, 5) is 9.63. The predicted molar refractivity (Wildman–Crippen MR) is 87.9 cm³/mol. The number of hydrogen-bond acceptors (Lipinski definition) is 4. The van der Waals surface area contributed by atoms with Gasteiger partial charge in [0.15, 0.2) is 0 Å². The van der Waals surface area contributed by atoms with E-state index < -0.39 is 0 Å². The number of aryl methyl sites for hydroxylation is 1. The number of piperidine rings is 1. The molecule has 6 heteroatoms. The fraction of sp³-hybridized carbons (Fsp3) is 0.800. The van der Waals surface area contributed by atoms with Crippen LogP contribution in [0, 0.1) is 5.92 Å². The van der Waals surface area contributed by atoms with E-state index in [0.717, 1.165) is 19.0 Å². The number of nitrogens with one attached hydrogen (secondary N) is 1. The van der Waals surface area contributed by atoms with Crippen molar-refractivity contribution < 1.29 is 0 Å². The molecule has 2 unspecified atom stereocenters. The van der Waals surface area contributed by atoms with Gasteiger partial charge in [0, 0.05) is 45.6 Å². The number of nitrogens with zero attached hydrogens (tertiary/aromatic N) is 4. The van der Waals surface area contributed by atoms with Gasteiger partial charge in [-0.05, 0) is 38.9 Å². The van der Waals surface area contributed by atoms with E-state index in [4.69, 9.17) is 0 Å². The van der Waals surface area contributed by atoms with Crippen molar-refractivity contribution in [1.29, 1.82) is 0 Å². The Balaban J connectivity index is 0.00000161. The minimum absolute atomic E-state index is 0. The van der Waals surface area contributed by atoms with Gasteiger partial charge >= 0.3 is 0 Å². The quantitative estimate of drug-likeness (QED) is 0.907. The first kappa shape index (κ1) is 16.7. The molecule has 1 aromatic rings. The molecule has 1 N–H and O–H groups in total. The Labute approximate surface area is 134 Å². The summed E-state index contributed by atoms with van der Waals surface area (Å²) in [5, 5.41) is 3.53. The number of hydrogen-bond donors (Lipinski definition) is 1. The molecule has 0 bridgehead atoms. The number of piperazine rings is 1. The van der Waals surface area contributed by atoms with E-state index in [1.165, 1.54) is 44.8 Å². The van der Waals surface area contributed by atoms with Crippen LogP contribution in [0.2, 0.25) is 0 Å². The van der Waals surface area contributed by atoms with E-state index in [2.05, 4.69) is 38.8 Å². The second-order valence-corrected chi connectivity index (χ2v) is 6.36. The standard InChI is InChI=1S/C15H27N5.ClH/c1-18-8-9-20(11-13-4-3-5-16-10-13)12-14(18)15-17-6-7-19(15)2;/h6-7,13-14,16H,3-5,8-12H2,1-2H3;1H. The third kappa shape index (κ3) is 3.97. The molecule has 0 radical (unpaired) electrons. The molecule has 0 saturated carbocycles. The normalized spacial score (nSPS) is 28.3. The van der Waals surface area contributed by atoms with Crippen LogP contribution < -0.4 is 5.32 Å². The van der Waals surface area contributed by atoms with Crippen molar-refractivity contribution in [2.45, 2.75) is 18.9 Å². The van der Waals surface area contributed by atoms with E-state index in [-0.39, 0.29) is 12.4 Å². The number of likely N-dealkylation sites (N-methyl/N-ethyl adjacent to an activating group) is 1. The van der Waals surface area contributed by atoms with E-state index in [1.54, 1.807) is 0 Å². The highest BCUT2D eigenvalue weighted by Gasteiger charge is 2.29. The minimum atomic E-state index is 0. The van der Waals surface area contributed by atoms with Crippen LogP contribution in [0.4, 0.5) is 0 Å². The fourth-order valence-corrected chi connectivity index (χ4v) is 3.52. The van der Waals surface area contributed by atoms with E-state index in [1.807, 2.05) is 12.4 Å². The molecule has 3 heterocycles. The van der Waals surface area contributed by atoms with Crippen LogP contribution in [0.25, 0.3) is 0 Å². The summed E-state index contributed by atoms with van der Waals surface area (Å²) < 4.78 is 2.16. The molecule has 2 aliphatic rings. The maximum Gasteiger partial charge on any atom is 0.127 e. The Morgan fingerprint density at radius 2 is 2.19 bits per heavy atom. The lowest BCUT2D eigenvalue weighted by atomic mass is 9.98. The molecule has 21 heavy (non-hydrogen) atoms. The number of halogens is 1. The van der Waals surface area contributed by atoms with Crippen LogP contribution in [-0.4, -0.2) is 65.7 Å². The van der Waals surface area contributed by atoms with Crippen molar-refractivity contribution >= 4 is 12.4 Å². The molecule has 1 aromatic heterocycles. The maximum absolute atomic E-state index is 4.55. The summed E-state index contributed by atoms with van der Waals surface area (Å²) in [6.07, 6.45) is 6.67. The number of imidazole rings is 1. The summed E-state index contributed by atoms with van der Waals surface area (Å²) in [7, 11) is 4.32. The van der Waals surface area contributed by atoms with Crippen LogP contribution in [0.15, 0.2) is 12.4 Å². The van der Waals surface area contributed by atoms with Gasteiger partial charge in [0.25, 0.3) is 0 Å². The van der Waals surface area contributed by atoms with Crippen LogP contribution in [-0.2, 0) is 7.05 Å². The van der Waals surface area contributed by atoms with Gasteiger partial charge in [-0.15, -0.1) is 12.4 Å². The van der Waals surface area contributed by atoms with E-state index >= 15 is 0 Å². The van der Waals surface area contributed by atoms with Gasteiger partial charge in [-0.3, -0.25) is 9.80 Å². The second-order valence-electron chi connectivity index (χ2n) is 6.36. The van der Waals surface area contributed by atoms with Crippen molar-refractivity contribution in [2.75, 3.05) is 46.3 Å². The van der Waals surface area contributed by atoms with Crippen LogP contribution in [0.1, 0.15) is 24.7 Å². The number of aromatic nitrogens is 2.